The van der Waals surface area contributed by atoms with Gasteiger partial charge in [0.05, 0.1) is 5.25 Å². The van der Waals surface area contributed by atoms with Crippen molar-refractivity contribution in [2.75, 3.05) is 22.6 Å². The minimum atomic E-state index is 0.0393. The quantitative estimate of drug-likeness (QED) is 0.908. The van der Waals surface area contributed by atoms with E-state index in [9.17, 15) is 4.79 Å². The Bertz CT molecular complexity index is 628. The monoisotopic (exact) mass is 331 g/mol. The number of carbonyl (C=O) groups is 1. The van der Waals surface area contributed by atoms with Gasteiger partial charge in [0, 0.05) is 29.0 Å². The lowest BCUT2D eigenvalue weighted by Crippen LogP contribution is -2.30. The summed E-state index contributed by atoms with van der Waals surface area (Å²) in [7, 11) is 0. The molecule has 1 atom stereocenters. The summed E-state index contributed by atoms with van der Waals surface area (Å²) in [6.45, 7) is 0. The Morgan fingerprint density at radius 1 is 1.05 bits per heavy atom. The van der Waals surface area contributed by atoms with Gasteiger partial charge in [-0.3, -0.25) is 4.79 Å². The number of anilines is 1. The molecule has 2 aromatic carbocycles. The predicted octanol–water partition coefficient (Wildman–Crippen LogP) is 4.27. The van der Waals surface area contributed by atoms with Gasteiger partial charge in [-0.25, -0.2) is 0 Å². The van der Waals surface area contributed by atoms with Gasteiger partial charge < -0.3 is 10.1 Å². The Morgan fingerprint density at radius 2 is 1.86 bits per heavy atom. The Labute approximate surface area is 138 Å². The molecular weight excluding hydrogens is 314 g/mol. The van der Waals surface area contributed by atoms with E-state index in [1.165, 1.54) is 0 Å². The molecule has 1 aliphatic heterocycles. The van der Waals surface area contributed by atoms with Crippen molar-refractivity contribution in [3.05, 3.63) is 54.6 Å². The van der Waals surface area contributed by atoms with Gasteiger partial charge in [-0.1, -0.05) is 24.3 Å². The van der Waals surface area contributed by atoms with Crippen LogP contribution in [0.1, 0.15) is 0 Å². The molecule has 1 N–H and O–H groups in total. The zero-order valence-corrected chi connectivity index (χ0v) is 13.7. The average Bonchev–Trinajstić information content (AvgIpc) is 2.57. The molecule has 1 amide bonds. The molecule has 0 saturated carbocycles. The van der Waals surface area contributed by atoms with Crippen molar-refractivity contribution in [2.45, 2.75) is 5.25 Å². The van der Waals surface area contributed by atoms with Gasteiger partial charge >= 0.3 is 0 Å². The third kappa shape index (κ3) is 4.21. The summed E-state index contributed by atoms with van der Waals surface area (Å²) < 4.78 is 5.79. The lowest BCUT2D eigenvalue weighted by atomic mass is 10.3. The molecule has 1 saturated heterocycles. The van der Waals surface area contributed by atoms with Gasteiger partial charge in [0.1, 0.15) is 11.5 Å². The minimum Gasteiger partial charge on any atom is -0.457 e. The molecular formula is C17H17NO2S2. The van der Waals surface area contributed by atoms with E-state index >= 15 is 0 Å². The van der Waals surface area contributed by atoms with Crippen LogP contribution >= 0.6 is 23.5 Å². The van der Waals surface area contributed by atoms with Crippen LogP contribution in [0.5, 0.6) is 11.5 Å². The molecule has 0 bridgehead atoms. The SMILES string of the molecule is O=C(Nc1cccc(Oc2ccccc2)c1)C1CSCCS1. The lowest BCUT2D eigenvalue weighted by Gasteiger charge is -2.20. The van der Waals surface area contributed by atoms with E-state index in [1.54, 1.807) is 11.8 Å². The third-order valence-corrected chi connectivity index (χ3v) is 5.94. The number of benzene rings is 2. The van der Waals surface area contributed by atoms with Crippen LogP contribution in [0, 0.1) is 0 Å². The van der Waals surface area contributed by atoms with Gasteiger partial charge in [0.2, 0.25) is 5.91 Å². The van der Waals surface area contributed by atoms with Gasteiger partial charge in [-0.05, 0) is 24.3 Å². The van der Waals surface area contributed by atoms with E-state index < -0.39 is 0 Å². The van der Waals surface area contributed by atoms with E-state index in [2.05, 4.69) is 5.32 Å². The maximum atomic E-state index is 12.3. The summed E-state index contributed by atoms with van der Waals surface area (Å²) >= 11 is 3.57. The molecule has 0 spiro atoms. The highest BCUT2D eigenvalue weighted by molar-refractivity contribution is 8.07. The van der Waals surface area contributed by atoms with Gasteiger partial charge in [-0.2, -0.15) is 11.8 Å². The van der Waals surface area contributed by atoms with Crippen molar-refractivity contribution in [1.82, 2.24) is 0 Å². The van der Waals surface area contributed by atoms with E-state index in [0.29, 0.717) is 0 Å². The van der Waals surface area contributed by atoms with Crippen LogP contribution in [-0.4, -0.2) is 28.4 Å². The average molecular weight is 331 g/mol. The summed E-state index contributed by atoms with van der Waals surface area (Å²) in [6, 6.07) is 17.1. The van der Waals surface area contributed by atoms with E-state index in [1.807, 2.05) is 66.4 Å². The normalized spacial score (nSPS) is 17.7. The first-order valence-electron chi connectivity index (χ1n) is 7.14. The molecule has 3 rings (SSSR count). The van der Waals surface area contributed by atoms with E-state index in [-0.39, 0.29) is 11.2 Å². The van der Waals surface area contributed by atoms with Crippen molar-refractivity contribution in [2.24, 2.45) is 0 Å². The number of rotatable bonds is 4. The zero-order valence-electron chi connectivity index (χ0n) is 12.0. The Morgan fingerprint density at radius 3 is 2.64 bits per heavy atom. The fourth-order valence-electron chi connectivity index (χ4n) is 2.12. The molecule has 0 aliphatic carbocycles. The maximum absolute atomic E-state index is 12.3. The number of hydrogen-bond donors (Lipinski definition) is 1. The number of nitrogens with one attached hydrogen (secondary N) is 1. The molecule has 0 radical (unpaired) electrons. The van der Waals surface area contributed by atoms with Crippen LogP contribution in [0.25, 0.3) is 0 Å². The first-order chi connectivity index (χ1) is 10.8. The Balaban J connectivity index is 1.64. The fourth-order valence-corrected chi connectivity index (χ4v) is 4.68. The molecule has 1 fully saturated rings. The highest BCUT2D eigenvalue weighted by Gasteiger charge is 2.22. The second kappa shape index (κ2) is 7.61. The third-order valence-electron chi connectivity index (χ3n) is 3.19. The topological polar surface area (TPSA) is 38.3 Å². The van der Waals surface area contributed by atoms with E-state index in [0.717, 1.165) is 34.4 Å². The fraction of sp³-hybridized carbons (Fsp3) is 0.235. The van der Waals surface area contributed by atoms with Crippen molar-refractivity contribution in [3.63, 3.8) is 0 Å². The molecule has 114 valence electrons. The molecule has 5 heteroatoms. The molecule has 22 heavy (non-hydrogen) atoms. The highest BCUT2D eigenvalue weighted by Crippen LogP contribution is 2.27. The summed E-state index contributed by atoms with van der Waals surface area (Å²) in [6.07, 6.45) is 0. The Kier molecular flexibility index (Phi) is 5.29. The van der Waals surface area contributed by atoms with E-state index in [4.69, 9.17) is 4.74 Å². The predicted molar refractivity (Wildman–Crippen MR) is 95.2 cm³/mol. The number of amides is 1. The summed E-state index contributed by atoms with van der Waals surface area (Å²) in [5.74, 6) is 4.64. The van der Waals surface area contributed by atoms with Crippen LogP contribution in [-0.2, 0) is 4.79 Å². The van der Waals surface area contributed by atoms with Gasteiger partial charge in [0.15, 0.2) is 0 Å². The standard InChI is InChI=1S/C17H17NO2S2/c19-17(16-12-21-9-10-22-16)18-13-5-4-8-15(11-13)20-14-6-2-1-3-7-14/h1-8,11,16H,9-10,12H2,(H,18,19). The number of ether oxygens (including phenoxy) is 1. The van der Waals surface area contributed by atoms with Crippen LogP contribution < -0.4 is 10.1 Å². The summed E-state index contributed by atoms with van der Waals surface area (Å²) in [5, 5.41) is 3.02. The largest absolute Gasteiger partial charge is 0.457 e. The molecule has 1 heterocycles. The second-order valence-corrected chi connectivity index (χ2v) is 7.33. The van der Waals surface area contributed by atoms with Crippen LogP contribution in [0.15, 0.2) is 54.6 Å². The number of thioether (sulfide) groups is 2. The second-order valence-electron chi connectivity index (χ2n) is 4.87. The van der Waals surface area contributed by atoms with Crippen LogP contribution in [0.3, 0.4) is 0 Å². The van der Waals surface area contributed by atoms with Crippen molar-refractivity contribution in [1.29, 1.82) is 0 Å². The summed E-state index contributed by atoms with van der Waals surface area (Å²) in [5.41, 5.74) is 0.773. The number of hydrogen-bond acceptors (Lipinski definition) is 4. The van der Waals surface area contributed by atoms with Crippen molar-refractivity contribution in [3.8, 4) is 11.5 Å². The smallest absolute Gasteiger partial charge is 0.238 e. The molecule has 0 aromatic heterocycles. The van der Waals surface area contributed by atoms with Gasteiger partial charge in [0.25, 0.3) is 0 Å². The highest BCUT2D eigenvalue weighted by atomic mass is 32.2. The first kappa shape index (κ1) is 15.3. The molecule has 2 aromatic rings. The lowest BCUT2D eigenvalue weighted by molar-refractivity contribution is -0.115. The minimum absolute atomic E-state index is 0.0393. The van der Waals surface area contributed by atoms with Crippen LogP contribution in [0.2, 0.25) is 0 Å². The number of para-hydroxylation sites is 1. The van der Waals surface area contributed by atoms with Gasteiger partial charge in [-0.15, -0.1) is 11.8 Å². The first-order valence-corrected chi connectivity index (χ1v) is 9.35. The zero-order chi connectivity index (χ0) is 15.2. The van der Waals surface area contributed by atoms with Crippen molar-refractivity contribution < 1.29 is 9.53 Å². The molecule has 1 unspecified atom stereocenters. The molecule has 3 nitrogen and oxygen atoms in total. The van der Waals surface area contributed by atoms with Crippen LogP contribution in [0.4, 0.5) is 5.69 Å². The van der Waals surface area contributed by atoms with Crippen molar-refractivity contribution >= 4 is 35.1 Å². The number of carbonyl (C=O) groups excluding carboxylic acids is 1. The maximum Gasteiger partial charge on any atom is 0.238 e. The Hall–Kier alpha value is -1.59. The summed E-state index contributed by atoms with van der Waals surface area (Å²) in [4.78, 5) is 12.3. The molecule has 1 aliphatic rings.